The van der Waals surface area contributed by atoms with Crippen LogP contribution in [-0.4, -0.2) is 57.9 Å². The SMILES string of the molecule is O=C(CN1C(=O)C(Cl)=C(Cl)C1=O)N1CCC(c2nc(C3=NOC(c4c(F)cccc4F)C3)cs2)CC1. The van der Waals surface area contributed by atoms with Crippen LogP contribution < -0.4 is 0 Å². The summed E-state index contributed by atoms with van der Waals surface area (Å²) in [4.78, 5) is 49.0. The van der Waals surface area contributed by atoms with E-state index in [0.717, 1.165) is 9.91 Å². The Morgan fingerprint density at radius 3 is 2.39 bits per heavy atom. The molecule has 0 N–H and O–H groups in total. The van der Waals surface area contributed by atoms with E-state index in [2.05, 4.69) is 10.1 Å². The summed E-state index contributed by atoms with van der Waals surface area (Å²) < 4.78 is 28.2. The number of carbonyl (C=O) groups excluding carboxylic acids is 3. The van der Waals surface area contributed by atoms with E-state index in [0.29, 0.717) is 37.3 Å². The van der Waals surface area contributed by atoms with E-state index in [1.807, 2.05) is 5.38 Å². The molecule has 1 atom stereocenters. The van der Waals surface area contributed by atoms with Gasteiger partial charge in [-0.05, 0) is 25.0 Å². The van der Waals surface area contributed by atoms with Crippen LogP contribution in [0, 0.1) is 11.6 Å². The van der Waals surface area contributed by atoms with Crippen LogP contribution in [0.25, 0.3) is 0 Å². The average molecular weight is 555 g/mol. The van der Waals surface area contributed by atoms with Gasteiger partial charge in [0.05, 0.1) is 16.3 Å². The van der Waals surface area contributed by atoms with Crippen molar-refractivity contribution in [3.05, 3.63) is 61.5 Å². The Morgan fingerprint density at radius 1 is 1.11 bits per heavy atom. The number of aromatic nitrogens is 1. The maximum atomic E-state index is 14.1. The zero-order valence-corrected chi connectivity index (χ0v) is 20.9. The van der Waals surface area contributed by atoms with E-state index in [1.165, 1.54) is 29.5 Å². The monoisotopic (exact) mass is 554 g/mol. The molecule has 0 spiro atoms. The summed E-state index contributed by atoms with van der Waals surface area (Å²) in [5.41, 5.74) is 0.963. The van der Waals surface area contributed by atoms with Crippen LogP contribution in [0.1, 0.15) is 47.5 Å². The second kappa shape index (κ2) is 9.87. The molecule has 1 saturated heterocycles. The third-order valence-electron chi connectivity index (χ3n) is 6.36. The highest BCUT2D eigenvalue weighted by Gasteiger charge is 2.39. The first-order chi connectivity index (χ1) is 17.2. The molecule has 0 aliphatic carbocycles. The first-order valence-electron chi connectivity index (χ1n) is 11.1. The van der Waals surface area contributed by atoms with Crippen molar-refractivity contribution in [2.45, 2.75) is 31.3 Å². The van der Waals surface area contributed by atoms with Crippen LogP contribution in [0.3, 0.4) is 0 Å². The van der Waals surface area contributed by atoms with Crippen LogP contribution in [0.5, 0.6) is 0 Å². The number of hydrogen-bond donors (Lipinski definition) is 0. The highest BCUT2D eigenvalue weighted by Crippen LogP contribution is 2.35. The Hall–Kier alpha value is -2.89. The second-order valence-electron chi connectivity index (χ2n) is 8.52. The van der Waals surface area contributed by atoms with Gasteiger partial charge in [-0.1, -0.05) is 34.4 Å². The summed E-state index contributed by atoms with van der Waals surface area (Å²) in [6.45, 7) is 0.449. The summed E-state index contributed by atoms with van der Waals surface area (Å²) in [7, 11) is 0. The lowest BCUT2D eigenvalue weighted by molar-refractivity contribution is -0.145. The molecule has 3 aliphatic rings. The van der Waals surface area contributed by atoms with Crippen molar-refractivity contribution in [1.82, 2.24) is 14.8 Å². The minimum absolute atomic E-state index is 0.108. The predicted molar refractivity (Wildman–Crippen MR) is 127 cm³/mol. The molecule has 8 nitrogen and oxygen atoms in total. The van der Waals surface area contributed by atoms with Gasteiger partial charge >= 0.3 is 0 Å². The minimum atomic E-state index is -0.852. The third-order valence-corrected chi connectivity index (χ3v) is 8.16. The van der Waals surface area contributed by atoms with E-state index >= 15 is 0 Å². The molecule has 1 unspecified atom stereocenters. The minimum Gasteiger partial charge on any atom is -0.387 e. The van der Waals surface area contributed by atoms with Gasteiger partial charge in [-0.25, -0.2) is 13.8 Å². The van der Waals surface area contributed by atoms with Crippen molar-refractivity contribution in [1.29, 1.82) is 0 Å². The van der Waals surface area contributed by atoms with Crippen molar-refractivity contribution in [3.8, 4) is 0 Å². The van der Waals surface area contributed by atoms with Crippen molar-refractivity contribution in [2.24, 2.45) is 5.16 Å². The number of piperidine rings is 1. The Kier molecular flexibility index (Phi) is 6.80. The van der Waals surface area contributed by atoms with Crippen molar-refractivity contribution in [2.75, 3.05) is 19.6 Å². The first kappa shape index (κ1) is 24.8. The molecule has 0 bridgehead atoms. The number of halogens is 4. The molecule has 4 heterocycles. The fourth-order valence-corrected chi connectivity index (χ4v) is 5.75. The highest BCUT2D eigenvalue weighted by atomic mass is 35.5. The van der Waals surface area contributed by atoms with Crippen molar-refractivity contribution in [3.63, 3.8) is 0 Å². The number of likely N-dealkylation sites (tertiary alicyclic amines) is 1. The lowest BCUT2D eigenvalue weighted by atomic mass is 9.97. The number of benzene rings is 1. The van der Waals surface area contributed by atoms with Gasteiger partial charge in [0.15, 0.2) is 6.10 Å². The van der Waals surface area contributed by atoms with E-state index < -0.39 is 36.1 Å². The predicted octanol–water partition coefficient (Wildman–Crippen LogP) is 4.05. The number of rotatable bonds is 5. The number of thiazole rings is 1. The fraction of sp³-hybridized carbons (Fsp3) is 0.348. The Bertz CT molecular complexity index is 1280. The molecule has 3 aliphatic heterocycles. The topological polar surface area (TPSA) is 92.2 Å². The molecule has 0 radical (unpaired) electrons. The van der Waals surface area contributed by atoms with E-state index in [-0.39, 0.29) is 33.9 Å². The maximum absolute atomic E-state index is 14.1. The summed E-state index contributed by atoms with van der Waals surface area (Å²) in [5, 5.41) is 5.95. The van der Waals surface area contributed by atoms with Gasteiger partial charge in [0, 0.05) is 30.8 Å². The molecule has 36 heavy (non-hydrogen) atoms. The van der Waals surface area contributed by atoms with Crippen molar-refractivity contribution < 1.29 is 28.0 Å². The number of carbonyl (C=O) groups is 3. The molecule has 3 amide bonds. The van der Waals surface area contributed by atoms with Crippen LogP contribution in [0.2, 0.25) is 0 Å². The molecule has 2 aromatic rings. The van der Waals surface area contributed by atoms with E-state index in [4.69, 9.17) is 28.0 Å². The molecule has 0 saturated carbocycles. The van der Waals surface area contributed by atoms with Crippen LogP contribution >= 0.6 is 34.5 Å². The van der Waals surface area contributed by atoms with Crippen molar-refractivity contribution >= 4 is 58.0 Å². The van der Waals surface area contributed by atoms with Gasteiger partial charge in [0.2, 0.25) is 5.91 Å². The number of oxime groups is 1. The quantitative estimate of drug-likeness (QED) is 0.520. The smallest absolute Gasteiger partial charge is 0.274 e. The molecular weight excluding hydrogens is 537 g/mol. The molecule has 1 aromatic heterocycles. The third kappa shape index (κ3) is 4.51. The van der Waals surface area contributed by atoms with Gasteiger partial charge in [0.25, 0.3) is 11.8 Å². The first-order valence-corrected chi connectivity index (χ1v) is 12.7. The van der Waals surface area contributed by atoms with E-state index in [9.17, 15) is 23.2 Å². The molecule has 1 fully saturated rings. The molecule has 5 rings (SSSR count). The zero-order chi connectivity index (χ0) is 25.6. The number of nitrogens with zero attached hydrogens (tertiary/aromatic N) is 4. The average Bonchev–Trinajstić information content (AvgIpc) is 3.59. The normalized spacial score (nSPS) is 20.9. The van der Waals surface area contributed by atoms with Crippen LogP contribution in [0.4, 0.5) is 8.78 Å². The zero-order valence-electron chi connectivity index (χ0n) is 18.5. The standard InChI is InChI=1S/C23H18Cl2F2N4O4S/c24-19-20(25)23(34)31(22(19)33)9-17(32)30-6-4-11(5-7-30)21-28-15(10-36-21)14-8-16(35-29-14)18-12(26)2-1-3-13(18)27/h1-3,10-11,16H,4-9H2. The van der Waals surface area contributed by atoms with Gasteiger partial charge in [0.1, 0.15) is 34.0 Å². The summed E-state index contributed by atoms with van der Waals surface area (Å²) in [6, 6.07) is 3.66. The maximum Gasteiger partial charge on any atom is 0.274 e. The van der Waals surface area contributed by atoms with Crippen LogP contribution in [0.15, 0.2) is 38.8 Å². The Labute approximate surface area is 218 Å². The molecular formula is C23H18Cl2F2N4O4S. The van der Waals surface area contributed by atoms with Crippen LogP contribution in [-0.2, 0) is 19.2 Å². The largest absolute Gasteiger partial charge is 0.387 e. The number of amides is 3. The lowest BCUT2D eigenvalue weighted by Gasteiger charge is -2.32. The highest BCUT2D eigenvalue weighted by molar-refractivity contribution is 7.10. The lowest BCUT2D eigenvalue weighted by Crippen LogP contribution is -2.45. The fourth-order valence-electron chi connectivity index (χ4n) is 4.38. The van der Waals surface area contributed by atoms with Gasteiger partial charge in [-0.15, -0.1) is 11.3 Å². The molecule has 188 valence electrons. The van der Waals surface area contributed by atoms with Gasteiger partial charge in [-0.3, -0.25) is 19.3 Å². The summed E-state index contributed by atoms with van der Waals surface area (Å²) in [5.74, 6) is -3.17. The van der Waals surface area contributed by atoms with Gasteiger partial charge in [-0.2, -0.15) is 0 Å². The summed E-state index contributed by atoms with van der Waals surface area (Å²) in [6.07, 6.45) is 0.638. The summed E-state index contributed by atoms with van der Waals surface area (Å²) >= 11 is 12.9. The number of hydrogen-bond acceptors (Lipinski definition) is 7. The Balaban J connectivity index is 1.16. The molecule has 1 aromatic carbocycles. The molecule has 13 heteroatoms. The second-order valence-corrected chi connectivity index (χ2v) is 10.2. The number of imide groups is 1. The van der Waals surface area contributed by atoms with Gasteiger partial charge < -0.3 is 9.74 Å². The Morgan fingerprint density at radius 2 is 1.75 bits per heavy atom. The van der Waals surface area contributed by atoms with E-state index in [1.54, 1.807) is 4.90 Å².